The van der Waals surface area contributed by atoms with Crippen molar-refractivity contribution in [3.63, 3.8) is 0 Å². The molecule has 10 heteroatoms. The van der Waals surface area contributed by atoms with E-state index in [0.29, 0.717) is 30.3 Å². The van der Waals surface area contributed by atoms with Crippen molar-refractivity contribution in [2.24, 2.45) is 5.10 Å². The Labute approximate surface area is 218 Å². The lowest BCUT2D eigenvalue weighted by Crippen LogP contribution is -2.20. The maximum Gasteiger partial charge on any atom is 0.416 e. The highest BCUT2D eigenvalue weighted by atomic mass is 19.4. The van der Waals surface area contributed by atoms with Gasteiger partial charge < -0.3 is 14.8 Å². The first kappa shape index (κ1) is 28.2. The van der Waals surface area contributed by atoms with Crippen molar-refractivity contribution >= 4 is 23.7 Å². The van der Waals surface area contributed by atoms with Gasteiger partial charge >= 0.3 is 6.18 Å². The quantitative estimate of drug-likeness (QED) is 0.242. The number of ether oxygens (including phenoxy) is 2. The monoisotopic (exact) mass is 527 g/mol. The van der Waals surface area contributed by atoms with Crippen LogP contribution in [-0.4, -0.2) is 24.6 Å². The minimum absolute atomic E-state index is 0.000325. The van der Waals surface area contributed by atoms with E-state index in [2.05, 4.69) is 15.8 Å². The smallest absolute Gasteiger partial charge is 0.416 e. The highest BCUT2D eigenvalue weighted by Gasteiger charge is 2.30. The van der Waals surface area contributed by atoms with E-state index in [-0.39, 0.29) is 18.5 Å². The van der Waals surface area contributed by atoms with Gasteiger partial charge in [0.2, 0.25) is 11.8 Å². The van der Waals surface area contributed by atoms with Gasteiger partial charge in [-0.3, -0.25) is 9.59 Å². The summed E-state index contributed by atoms with van der Waals surface area (Å²) in [6.07, 6.45) is -3.51. The first-order chi connectivity index (χ1) is 18.1. The molecule has 2 amide bonds. The Morgan fingerprint density at radius 1 is 0.921 bits per heavy atom. The van der Waals surface area contributed by atoms with Crippen molar-refractivity contribution in [3.05, 3.63) is 89.0 Å². The van der Waals surface area contributed by atoms with Gasteiger partial charge in [-0.1, -0.05) is 35.9 Å². The number of nitrogens with zero attached hydrogens (tertiary/aromatic N) is 1. The first-order valence-electron chi connectivity index (χ1n) is 11.9. The summed E-state index contributed by atoms with van der Waals surface area (Å²) in [6.45, 7) is 4.68. The molecule has 0 atom stereocenters. The average Bonchev–Trinajstić information content (AvgIpc) is 2.88. The second-order valence-electron chi connectivity index (χ2n) is 8.33. The molecule has 0 unspecified atom stereocenters. The number of benzene rings is 3. The number of nitrogens with one attached hydrogen (secondary N) is 2. The Kier molecular flexibility index (Phi) is 9.86. The number of hydrogen-bond acceptors (Lipinski definition) is 5. The van der Waals surface area contributed by atoms with E-state index >= 15 is 0 Å². The van der Waals surface area contributed by atoms with Crippen LogP contribution in [0.4, 0.5) is 18.9 Å². The maximum absolute atomic E-state index is 12.8. The van der Waals surface area contributed by atoms with Gasteiger partial charge in [0.15, 0.2) is 11.5 Å². The summed E-state index contributed by atoms with van der Waals surface area (Å²) in [5, 5.41) is 6.25. The predicted octanol–water partition coefficient (Wildman–Crippen LogP) is 5.86. The van der Waals surface area contributed by atoms with Crippen LogP contribution in [0.2, 0.25) is 0 Å². The van der Waals surface area contributed by atoms with Gasteiger partial charge in [-0.15, -0.1) is 0 Å². The van der Waals surface area contributed by atoms with Gasteiger partial charge in [0, 0.05) is 18.5 Å². The number of carbonyl (C=O) groups excluding carboxylic acids is 2. The topological polar surface area (TPSA) is 89.0 Å². The molecule has 38 heavy (non-hydrogen) atoms. The fourth-order valence-electron chi connectivity index (χ4n) is 3.30. The van der Waals surface area contributed by atoms with Crippen LogP contribution in [0.1, 0.15) is 42.0 Å². The second kappa shape index (κ2) is 13.3. The highest BCUT2D eigenvalue weighted by Crippen LogP contribution is 2.31. The fourth-order valence-corrected chi connectivity index (χ4v) is 3.30. The van der Waals surface area contributed by atoms with Crippen LogP contribution < -0.4 is 20.2 Å². The summed E-state index contributed by atoms with van der Waals surface area (Å²) < 4.78 is 50.0. The third-order valence-electron chi connectivity index (χ3n) is 5.24. The van der Waals surface area contributed by atoms with Crippen LogP contribution in [0.25, 0.3) is 0 Å². The number of anilines is 1. The zero-order valence-electron chi connectivity index (χ0n) is 21.0. The molecule has 0 aliphatic heterocycles. The van der Waals surface area contributed by atoms with Crippen LogP contribution in [0.3, 0.4) is 0 Å². The van der Waals surface area contributed by atoms with Gasteiger partial charge in [-0.05, 0) is 61.4 Å². The van der Waals surface area contributed by atoms with Gasteiger partial charge in [-0.25, -0.2) is 5.43 Å². The minimum atomic E-state index is -4.52. The Morgan fingerprint density at radius 3 is 2.37 bits per heavy atom. The van der Waals surface area contributed by atoms with Gasteiger partial charge in [0.1, 0.15) is 6.61 Å². The largest absolute Gasteiger partial charge is 0.490 e. The van der Waals surface area contributed by atoms with Gasteiger partial charge in [-0.2, -0.15) is 18.3 Å². The van der Waals surface area contributed by atoms with E-state index in [1.165, 1.54) is 18.3 Å². The number of alkyl halides is 3. The molecule has 0 radical (unpaired) electrons. The van der Waals surface area contributed by atoms with Gasteiger partial charge in [0.25, 0.3) is 0 Å². The lowest BCUT2D eigenvalue weighted by molar-refractivity contribution is -0.137. The molecule has 0 spiro atoms. The number of hydrogen-bond donors (Lipinski definition) is 2. The van der Waals surface area contributed by atoms with E-state index < -0.39 is 23.6 Å². The molecule has 3 aromatic rings. The summed E-state index contributed by atoms with van der Waals surface area (Å²) in [5.41, 5.74) is 4.29. The second-order valence-corrected chi connectivity index (χ2v) is 8.33. The summed E-state index contributed by atoms with van der Waals surface area (Å²) in [5.74, 6) is -0.0175. The van der Waals surface area contributed by atoms with Gasteiger partial charge in [0.05, 0.1) is 18.4 Å². The third-order valence-corrected chi connectivity index (χ3v) is 5.24. The maximum atomic E-state index is 12.8. The lowest BCUT2D eigenvalue weighted by atomic mass is 10.2. The molecule has 0 saturated carbocycles. The van der Waals surface area contributed by atoms with E-state index in [1.807, 2.05) is 38.1 Å². The van der Waals surface area contributed by atoms with Crippen LogP contribution in [0.5, 0.6) is 11.5 Å². The van der Waals surface area contributed by atoms with Crippen LogP contribution in [-0.2, 0) is 22.4 Å². The van der Waals surface area contributed by atoms with Crippen LogP contribution in [0, 0.1) is 6.92 Å². The molecule has 3 aromatic carbocycles. The zero-order valence-corrected chi connectivity index (χ0v) is 21.0. The van der Waals surface area contributed by atoms with Crippen molar-refractivity contribution in [1.29, 1.82) is 0 Å². The molecular formula is C28H28F3N3O4. The predicted molar refractivity (Wildman–Crippen MR) is 138 cm³/mol. The number of hydrazone groups is 1. The van der Waals surface area contributed by atoms with E-state index in [9.17, 15) is 22.8 Å². The fraction of sp³-hybridized carbons (Fsp3) is 0.250. The zero-order chi connectivity index (χ0) is 27.5. The molecule has 200 valence electrons. The van der Waals surface area contributed by atoms with Crippen molar-refractivity contribution in [1.82, 2.24) is 5.43 Å². The SMILES string of the molecule is CCOc1cc(C=NNC(=O)CCC(=O)Nc2cccc(C(F)(F)F)c2)ccc1OCc1ccc(C)cc1. The van der Waals surface area contributed by atoms with Crippen molar-refractivity contribution in [2.45, 2.75) is 39.5 Å². The normalized spacial score (nSPS) is 11.3. The molecule has 0 saturated heterocycles. The molecule has 0 heterocycles. The summed E-state index contributed by atoms with van der Waals surface area (Å²) in [6, 6.07) is 17.5. The molecule has 0 aromatic heterocycles. The Hall–Kier alpha value is -4.34. The summed E-state index contributed by atoms with van der Waals surface area (Å²) in [4.78, 5) is 24.1. The summed E-state index contributed by atoms with van der Waals surface area (Å²) in [7, 11) is 0. The van der Waals surface area contributed by atoms with Crippen LogP contribution in [0.15, 0.2) is 71.8 Å². The third kappa shape index (κ3) is 8.95. The number of aryl methyl sites for hydroxylation is 1. The van der Waals surface area contributed by atoms with Crippen molar-refractivity contribution in [3.8, 4) is 11.5 Å². The molecule has 0 fully saturated rings. The molecule has 3 rings (SSSR count). The molecular weight excluding hydrogens is 499 g/mol. The number of carbonyl (C=O) groups is 2. The lowest BCUT2D eigenvalue weighted by Gasteiger charge is -2.13. The Morgan fingerprint density at radius 2 is 1.66 bits per heavy atom. The van der Waals surface area contributed by atoms with Crippen LogP contribution >= 0.6 is 0 Å². The molecule has 7 nitrogen and oxygen atoms in total. The Bertz CT molecular complexity index is 1280. The molecule has 0 aliphatic rings. The first-order valence-corrected chi connectivity index (χ1v) is 11.9. The van der Waals surface area contributed by atoms with E-state index in [1.54, 1.807) is 18.2 Å². The van der Waals surface area contributed by atoms with E-state index in [4.69, 9.17) is 9.47 Å². The molecule has 0 bridgehead atoms. The molecule has 0 aliphatic carbocycles. The van der Waals surface area contributed by atoms with Crippen molar-refractivity contribution < 1.29 is 32.2 Å². The van der Waals surface area contributed by atoms with Crippen molar-refractivity contribution in [2.75, 3.05) is 11.9 Å². The standard InChI is InChI=1S/C28H28F3N3O4/c1-3-37-25-15-21(11-12-24(25)38-18-20-9-7-19(2)8-10-20)17-32-34-27(36)14-13-26(35)33-23-6-4-5-22(16-23)28(29,30)31/h4-12,15-17H,3,13-14,18H2,1-2H3,(H,33,35)(H,34,36). The minimum Gasteiger partial charge on any atom is -0.490 e. The number of halogens is 3. The summed E-state index contributed by atoms with van der Waals surface area (Å²) >= 11 is 0. The highest BCUT2D eigenvalue weighted by molar-refractivity contribution is 5.93. The van der Waals surface area contributed by atoms with E-state index in [0.717, 1.165) is 23.3 Å². The molecule has 2 N–H and O–H groups in total. The number of rotatable bonds is 11. The average molecular weight is 528 g/mol. The number of amides is 2. The Balaban J connectivity index is 1.49.